The van der Waals surface area contributed by atoms with Gasteiger partial charge in [0.25, 0.3) is 0 Å². The maximum absolute atomic E-state index is 12.0. The van der Waals surface area contributed by atoms with Gasteiger partial charge in [0, 0.05) is 5.69 Å². The van der Waals surface area contributed by atoms with E-state index in [4.69, 9.17) is 25.3 Å². The van der Waals surface area contributed by atoms with E-state index in [0.29, 0.717) is 5.69 Å². The molecule has 98 valence electrons. The summed E-state index contributed by atoms with van der Waals surface area (Å²) in [4.78, 5) is 31.0. The average Bonchev–Trinajstić information content (AvgIpc) is 2.04. The molecule has 0 radical (unpaired) electrons. The summed E-state index contributed by atoms with van der Waals surface area (Å²) in [6.07, 6.45) is 0. The number of anilines is 1. The first-order chi connectivity index (χ1) is 7.49. The molecule has 0 aromatic heterocycles. The van der Waals surface area contributed by atoms with Crippen molar-refractivity contribution in [3.63, 3.8) is 0 Å². The first kappa shape index (κ1) is 16.2. The summed E-state index contributed by atoms with van der Waals surface area (Å²) < 4.78 is 34.2. The van der Waals surface area contributed by atoms with Gasteiger partial charge in [-0.15, -0.1) is 0 Å². The minimum Gasteiger partial charge on any atom is -0.399 e. The van der Waals surface area contributed by atoms with E-state index in [9.17, 15) is 13.5 Å². The quantitative estimate of drug-likeness (QED) is 0.392. The highest BCUT2D eigenvalue weighted by atomic mass is 31.3. The summed E-state index contributed by atoms with van der Waals surface area (Å²) in [7, 11) is -10.1. The number of phosphoric acid groups is 2. The number of rotatable bonds is 2. The third-order valence-electron chi connectivity index (χ3n) is 1.08. The van der Waals surface area contributed by atoms with Crippen LogP contribution >= 0.6 is 15.6 Å². The highest BCUT2D eigenvalue weighted by Crippen LogP contribution is 2.53. The van der Waals surface area contributed by atoms with E-state index in [2.05, 4.69) is 4.31 Å². The Kier molecular flexibility index (Phi) is 5.94. The van der Waals surface area contributed by atoms with Crippen LogP contribution in [0.1, 0.15) is 0 Å². The van der Waals surface area contributed by atoms with Gasteiger partial charge in [-0.25, -0.2) is 13.5 Å². The van der Waals surface area contributed by atoms with Gasteiger partial charge in [0.2, 0.25) is 0 Å². The molecule has 6 N–H and O–H groups in total. The van der Waals surface area contributed by atoms with Crippen molar-refractivity contribution in [3.05, 3.63) is 30.1 Å². The number of nitrogen functional groups attached to an aromatic ring is 1. The summed E-state index contributed by atoms with van der Waals surface area (Å²) in [5.74, 6) is -0.251. The first-order valence-corrected chi connectivity index (χ1v) is 6.89. The third kappa shape index (κ3) is 11.5. The lowest BCUT2D eigenvalue weighted by Crippen LogP contribution is -1.84. The Hall–Kier alpha value is -0.790. The molecular formula is C6H10FNO7P2. The number of hydrogen-bond donors (Lipinski definition) is 5. The van der Waals surface area contributed by atoms with Crippen molar-refractivity contribution in [3.8, 4) is 0 Å². The predicted octanol–water partition coefficient (Wildman–Crippen LogP) is 0.596. The lowest BCUT2D eigenvalue weighted by Gasteiger charge is -2.03. The summed E-state index contributed by atoms with van der Waals surface area (Å²) in [6, 6.07) is 5.70. The van der Waals surface area contributed by atoms with Gasteiger partial charge >= 0.3 is 15.6 Å². The van der Waals surface area contributed by atoms with Gasteiger partial charge in [-0.1, -0.05) is 0 Å². The van der Waals surface area contributed by atoms with Crippen LogP contribution in [0.15, 0.2) is 24.3 Å². The Morgan fingerprint density at radius 1 is 1.00 bits per heavy atom. The molecule has 1 rings (SSSR count). The molecule has 0 fully saturated rings. The Balaban J connectivity index is 0.000000302. The molecule has 0 saturated carbocycles. The number of hydrogen-bond acceptors (Lipinski definition) is 4. The monoisotopic (exact) mass is 289 g/mol. The molecule has 0 heterocycles. The largest absolute Gasteiger partial charge is 0.478 e. The van der Waals surface area contributed by atoms with Crippen LogP contribution in [-0.2, 0) is 13.4 Å². The van der Waals surface area contributed by atoms with Crippen LogP contribution < -0.4 is 5.73 Å². The van der Waals surface area contributed by atoms with Gasteiger partial charge in [-0.2, -0.15) is 4.31 Å². The highest BCUT2D eigenvalue weighted by molar-refractivity contribution is 7.60. The highest BCUT2D eigenvalue weighted by Gasteiger charge is 2.27. The maximum atomic E-state index is 12.0. The molecular weight excluding hydrogens is 279 g/mol. The van der Waals surface area contributed by atoms with Gasteiger partial charge in [0.05, 0.1) is 0 Å². The van der Waals surface area contributed by atoms with Crippen molar-refractivity contribution in [2.45, 2.75) is 0 Å². The van der Waals surface area contributed by atoms with E-state index < -0.39 is 15.6 Å². The molecule has 1 aromatic carbocycles. The molecule has 0 spiro atoms. The van der Waals surface area contributed by atoms with Crippen molar-refractivity contribution >= 4 is 21.3 Å². The third-order valence-corrected chi connectivity index (χ3v) is 2.78. The summed E-state index contributed by atoms with van der Waals surface area (Å²) >= 11 is 0. The van der Waals surface area contributed by atoms with Crippen LogP contribution in [0, 0.1) is 5.82 Å². The van der Waals surface area contributed by atoms with E-state index in [1.165, 1.54) is 24.3 Å². The number of nitrogens with two attached hydrogens (primary N) is 1. The Labute approximate surface area is 95.3 Å². The van der Waals surface area contributed by atoms with Crippen LogP contribution in [0.3, 0.4) is 0 Å². The average molecular weight is 289 g/mol. The lowest BCUT2D eigenvalue weighted by molar-refractivity contribution is 0.225. The second-order valence-corrected chi connectivity index (χ2v) is 5.23. The van der Waals surface area contributed by atoms with Crippen molar-refractivity contribution in [1.29, 1.82) is 0 Å². The topological polar surface area (TPSA) is 150 Å². The van der Waals surface area contributed by atoms with E-state index in [1.807, 2.05) is 0 Å². The van der Waals surface area contributed by atoms with Crippen LogP contribution in [0.2, 0.25) is 0 Å². The Morgan fingerprint density at radius 3 is 1.53 bits per heavy atom. The zero-order valence-corrected chi connectivity index (χ0v) is 9.96. The summed E-state index contributed by atoms with van der Waals surface area (Å²) in [5, 5.41) is 0. The zero-order chi connectivity index (χ0) is 13.7. The number of halogens is 1. The molecule has 11 heteroatoms. The molecule has 0 unspecified atom stereocenters. The number of benzene rings is 1. The van der Waals surface area contributed by atoms with Crippen molar-refractivity contribution < 1.29 is 37.4 Å². The second-order valence-electron chi connectivity index (χ2n) is 2.61. The second kappa shape index (κ2) is 6.23. The molecule has 8 nitrogen and oxygen atoms in total. The minimum atomic E-state index is -5.05. The molecule has 0 aliphatic rings. The van der Waals surface area contributed by atoms with Crippen molar-refractivity contribution in [1.82, 2.24) is 0 Å². The van der Waals surface area contributed by atoms with E-state index in [0.717, 1.165) is 0 Å². The first-order valence-electron chi connectivity index (χ1n) is 3.83. The van der Waals surface area contributed by atoms with Crippen LogP contribution in [0.25, 0.3) is 0 Å². The summed E-state index contributed by atoms with van der Waals surface area (Å²) in [5.41, 5.74) is 5.85. The molecule has 0 bridgehead atoms. The minimum absolute atomic E-state index is 0.251. The van der Waals surface area contributed by atoms with E-state index >= 15 is 0 Å². The smallest absolute Gasteiger partial charge is 0.399 e. The fraction of sp³-hybridized carbons (Fsp3) is 0. The van der Waals surface area contributed by atoms with E-state index in [1.54, 1.807) is 0 Å². The molecule has 1 aromatic rings. The van der Waals surface area contributed by atoms with Crippen molar-refractivity contribution in [2.75, 3.05) is 5.73 Å². The van der Waals surface area contributed by atoms with Crippen LogP contribution in [-0.4, -0.2) is 19.6 Å². The molecule has 0 aliphatic carbocycles. The van der Waals surface area contributed by atoms with Crippen molar-refractivity contribution in [2.24, 2.45) is 0 Å². The van der Waals surface area contributed by atoms with E-state index in [-0.39, 0.29) is 5.82 Å². The SMILES string of the molecule is Nc1ccc(F)cc1.O=P(O)(O)OP(=O)(O)O. The van der Waals surface area contributed by atoms with Gasteiger partial charge in [-0.05, 0) is 24.3 Å². The summed E-state index contributed by atoms with van der Waals surface area (Å²) in [6.45, 7) is 0. The van der Waals surface area contributed by atoms with Crippen LogP contribution in [0.4, 0.5) is 10.1 Å². The maximum Gasteiger partial charge on any atom is 0.478 e. The normalized spacial score (nSPS) is 11.6. The Bertz CT molecular complexity index is 397. The molecule has 0 saturated heterocycles. The van der Waals surface area contributed by atoms with Gasteiger partial charge in [-0.3, -0.25) is 0 Å². The lowest BCUT2D eigenvalue weighted by atomic mass is 10.3. The Morgan fingerprint density at radius 2 is 1.35 bits per heavy atom. The molecule has 17 heavy (non-hydrogen) atoms. The van der Waals surface area contributed by atoms with Gasteiger partial charge < -0.3 is 25.3 Å². The molecule has 0 amide bonds. The standard InChI is InChI=1S/C6H6FN.H4O7P2/c7-5-1-3-6(8)4-2-5;1-8(2,3)7-9(4,5)6/h1-4H,8H2;(H2,1,2,3)(H2,4,5,6). The zero-order valence-electron chi connectivity index (χ0n) is 8.17. The molecule has 0 aliphatic heterocycles. The van der Waals surface area contributed by atoms with Gasteiger partial charge in [0.1, 0.15) is 5.82 Å². The fourth-order valence-corrected chi connectivity index (χ4v) is 1.71. The fourth-order valence-electron chi connectivity index (χ4n) is 0.601. The van der Waals surface area contributed by atoms with Gasteiger partial charge in [0.15, 0.2) is 0 Å². The molecule has 0 atom stereocenters. The van der Waals surface area contributed by atoms with Crippen LogP contribution in [0.5, 0.6) is 0 Å². The predicted molar refractivity (Wildman–Crippen MR) is 56.0 cm³/mol.